The number of aliphatic hydroxyl groups excluding tert-OH is 4. The van der Waals surface area contributed by atoms with E-state index in [1.165, 1.54) is 7.11 Å². The largest absolute Gasteiger partial charge is 0.508 e. The van der Waals surface area contributed by atoms with Gasteiger partial charge in [0.05, 0.1) is 55.4 Å². The Morgan fingerprint density at radius 1 is 0.765 bits per heavy atom. The van der Waals surface area contributed by atoms with Crippen molar-refractivity contribution in [2.45, 2.75) is 210 Å². The summed E-state index contributed by atoms with van der Waals surface area (Å²) in [5.41, 5.74) is 6.67. The van der Waals surface area contributed by atoms with E-state index >= 15 is 0 Å². The lowest BCUT2D eigenvalue weighted by Gasteiger charge is -2.64. The number of aliphatic hydroxyl groups is 5. The molecule has 9 rings (SSSR count). The number of esters is 2. The first kappa shape index (κ1) is 51.6. The highest BCUT2D eigenvalue weighted by molar-refractivity contribution is 5.85. The molecule has 17 heteroatoms. The van der Waals surface area contributed by atoms with Crippen molar-refractivity contribution in [2.24, 2.45) is 40.2 Å². The second-order valence-corrected chi connectivity index (χ2v) is 21.7. The van der Waals surface area contributed by atoms with Crippen molar-refractivity contribution in [1.82, 2.24) is 0 Å². The highest BCUT2D eigenvalue weighted by Crippen LogP contribution is 2.70. The molecule has 382 valence electrons. The number of aromatic hydroxyl groups is 1. The molecule has 0 aromatic heterocycles. The van der Waals surface area contributed by atoms with E-state index < -0.39 is 91.4 Å². The van der Waals surface area contributed by atoms with Gasteiger partial charge in [-0.3, -0.25) is 4.79 Å². The predicted octanol–water partition coefficient (Wildman–Crippen LogP) is 3.68. The summed E-state index contributed by atoms with van der Waals surface area (Å²) in [6.45, 7) is 10.4. The van der Waals surface area contributed by atoms with Gasteiger partial charge in [-0.1, -0.05) is 26.0 Å². The SMILES string of the molecule is COC(=O)C(N)Cc1ccc(O)cc1.C[C@H]1O[C@@H](O[C@H]2[C@@H](O)C[C@H](O[C@H]3[C@@H](O)C[C@H](O[C@H]4CC[C@@]5(C)[C@H](CC[C@@H]6[C@@H]5CC[C@]5(C)[C@@H](C7=CC(=O)OC7)CC[C@]65O)C4)O[C@@H]3C)O[C@@H]2C)C[C@H](O)[C@@H]1O. The van der Waals surface area contributed by atoms with Gasteiger partial charge in [0.25, 0.3) is 0 Å². The van der Waals surface area contributed by atoms with Gasteiger partial charge in [-0.2, -0.15) is 0 Å². The Kier molecular flexibility index (Phi) is 15.7. The lowest BCUT2D eigenvalue weighted by atomic mass is 9.43. The molecule has 4 aliphatic carbocycles. The van der Waals surface area contributed by atoms with Gasteiger partial charge in [0.2, 0.25) is 0 Å². The van der Waals surface area contributed by atoms with Crippen molar-refractivity contribution in [1.29, 1.82) is 0 Å². The number of ether oxygens (including phenoxy) is 8. The summed E-state index contributed by atoms with van der Waals surface area (Å²) in [6.07, 6.45) is 2.31. The molecule has 0 radical (unpaired) electrons. The van der Waals surface area contributed by atoms with Crippen LogP contribution in [0.1, 0.15) is 117 Å². The van der Waals surface area contributed by atoms with Crippen molar-refractivity contribution < 1.29 is 78.1 Å². The number of methoxy groups -OCH3 is 1. The third-order valence-electron chi connectivity index (χ3n) is 17.8. The number of benzene rings is 1. The van der Waals surface area contributed by atoms with E-state index in [9.17, 15) is 35.1 Å². The van der Waals surface area contributed by atoms with E-state index in [4.69, 9.17) is 44.0 Å². The van der Waals surface area contributed by atoms with Gasteiger partial charge in [-0.15, -0.1) is 0 Å². The van der Waals surface area contributed by atoms with E-state index in [2.05, 4.69) is 18.6 Å². The summed E-state index contributed by atoms with van der Waals surface area (Å²) in [5.74, 6) is 0.896. The molecule has 17 nitrogen and oxygen atoms in total. The lowest BCUT2D eigenvalue weighted by molar-refractivity contribution is -0.336. The van der Waals surface area contributed by atoms with Crippen LogP contribution in [0.25, 0.3) is 0 Å². The van der Waals surface area contributed by atoms with Crippen LogP contribution in [0.2, 0.25) is 0 Å². The molecule has 0 spiro atoms. The van der Waals surface area contributed by atoms with Crippen LogP contribution in [0.15, 0.2) is 35.9 Å². The third kappa shape index (κ3) is 10.3. The van der Waals surface area contributed by atoms with Gasteiger partial charge >= 0.3 is 11.9 Å². The number of phenols is 1. The lowest BCUT2D eigenvalue weighted by Crippen LogP contribution is -2.62. The monoisotopic (exact) mass is 960 g/mol. The highest BCUT2D eigenvalue weighted by atomic mass is 16.7. The first-order valence-corrected chi connectivity index (χ1v) is 25.1. The fraction of sp³-hybridized carbons (Fsp3) is 0.804. The van der Waals surface area contributed by atoms with Gasteiger partial charge in [-0.05, 0) is 137 Å². The zero-order chi connectivity index (χ0) is 48.9. The Hall–Kier alpha value is -2.78. The Morgan fingerprint density at radius 2 is 1.37 bits per heavy atom. The standard InChI is InChI=1S/C41H64O13.C10H13NO3/c1-20-36(46)29(42)16-34(49-20)53-38-22(3)51-35(18-31(38)44)54-37-21(2)50-33(17-30(37)43)52-25-8-11-39(4)24(15-25)6-7-28-27(39)9-12-40(5)26(10-13-41(28,40)47)23-14-32(45)48-19-23;1-14-10(13)9(11)6-7-2-4-8(12)5-3-7/h14,20-22,24-31,33-38,42-44,46-47H,6-13,15-19H2,1-5H3;2-5,9,12H,6,11H2,1H3/t20-,21-,22-,24-,25+,26-,27+,28-,29+,30+,31+,33+,34+,35+,36-,37-,38-,39+,40-,41+;/m1./s1. The molecule has 0 bridgehead atoms. The maximum Gasteiger partial charge on any atom is 0.331 e. The molecule has 8 N–H and O–H groups in total. The van der Waals surface area contributed by atoms with Gasteiger partial charge in [-0.25, -0.2) is 4.79 Å². The molecule has 0 amide bonds. The minimum atomic E-state index is -0.996. The summed E-state index contributed by atoms with van der Waals surface area (Å²) >= 11 is 0. The fourth-order valence-electron chi connectivity index (χ4n) is 13.9. The van der Waals surface area contributed by atoms with Crippen LogP contribution in [0.5, 0.6) is 5.75 Å². The van der Waals surface area contributed by atoms with Crippen LogP contribution in [0.4, 0.5) is 0 Å². The minimum absolute atomic E-state index is 0.0243. The number of hydrogen-bond acceptors (Lipinski definition) is 17. The topological polar surface area (TPSA) is 255 Å². The van der Waals surface area contributed by atoms with Crippen LogP contribution >= 0.6 is 0 Å². The molecule has 68 heavy (non-hydrogen) atoms. The van der Waals surface area contributed by atoms with E-state index in [1.807, 2.05) is 6.92 Å². The van der Waals surface area contributed by atoms with Crippen LogP contribution < -0.4 is 5.73 Å². The summed E-state index contributed by atoms with van der Waals surface area (Å²) in [7, 11) is 1.30. The van der Waals surface area contributed by atoms with Gasteiger partial charge in [0, 0.05) is 30.8 Å². The van der Waals surface area contributed by atoms with Gasteiger partial charge in [0.15, 0.2) is 18.9 Å². The molecule has 4 saturated carbocycles. The van der Waals surface area contributed by atoms with Crippen molar-refractivity contribution in [3.63, 3.8) is 0 Å². The Bertz CT molecular complexity index is 1900. The maximum absolute atomic E-state index is 12.6. The van der Waals surface area contributed by atoms with Crippen LogP contribution in [-0.4, -0.2) is 148 Å². The highest BCUT2D eigenvalue weighted by Gasteiger charge is 2.68. The summed E-state index contributed by atoms with van der Waals surface area (Å²) in [6, 6.07) is 5.90. The van der Waals surface area contributed by atoms with E-state index in [-0.39, 0.29) is 59.8 Å². The number of nitrogens with two attached hydrogens (primary N) is 1. The summed E-state index contributed by atoms with van der Waals surface area (Å²) in [4.78, 5) is 22.9. The second-order valence-electron chi connectivity index (χ2n) is 21.7. The average molecular weight is 960 g/mol. The zero-order valence-corrected chi connectivity index (χ0v) is 40.5. The molecule has 7 fully saturated rings. The third-order valence-corrected chi connectivity index (χ3v) is 17.8. The first-order chi connectivity index (χ1) is 32.2. The Balaban J connectivity index is 0.000000385. The molecule has 1 aromatic carbocycles. The van der Waals surface area contributed by atoms with Crippen LogP contribution in [0.3, 0.4) is 0 Å². The minimum Gasteiger partial charge on any atom is -0.508 e. The van der Waals surface area contributed by atoms with E-state index in [0.717, 1.165) is 68.9 Å². The van der Waals surface area contributed by atoms with Gasteiger partial charge < -0.3 is 74.3 Å². The molecule has 1 unspecified atom stereocenters. The van der Waals surface area contributed by atoms with Crippen molar-refractivity contribution in [3.8, 4) is 5.75 Å². The number of phenolic OH excluding ortho intramolecular Hbond substituents is 1. The van der Waals surface area contributed by atoms with Crippen LogP contribution in [-0.2, 0) is 53.9 Å². The summed E-state index contributed by atoms with van der Waals surface area (Å²) in [5, 5.41) is 64.0. The number of carbonyl (C=O) groups excluding carboxylic acids is 2. The Labute approximate surface area is 399 Å². The number of cyclic esters (lactones) is 1. The molecular weight excluding hydrogens is 883 g/mol. The molecule has 4 aliphatic heterocycles. The fourth-order valence-corrected chi connectivity index (χ4v) is 13.9. The maximum atomic E-state index is 12.6. The number of rotatable bonds is 10. The van der Waals surface area contributed by atoms with Crippen molar-refractivity contribution >= 4 is 11.9 Å². The van der Waals surface area contributed by atoms with Crippen molar-refractivity contribution in [3.05, 3.63) is 41.5 Å². The van der Waals surface area contributed by atoms with Crippen LogP contribution in [0, 0.1) is 34.5 Å². The normalized spacial score (nSPS) is 46.1. The second kappa shape index (κ2) is 20.7. The first-order valence-electron chi connectivity index (χ1n) is 25.1. The molecule has 8 aliphatic rings. The molecule has 21 atom stereocenters. The smallest absolute Gasteiger partial charge is 0.331 e. The number of carbonyl (C=O) groups is 2. The van der Waals surface area contributed by atoms with E-state index in [0.29, 0.717) is 24.9 Å². The summed E-state index contributed by atoms with van der Waals surface area (Å²) < 4.78 is 46.7. The van der Waals surface area contributed by atoms with E-state index in [1.54, 1.807) is 44.2 Å². The molecule has 4 heterocycles. The Morgan fingerprint density at radius 3 is 1.94 bits per heavy atom. The molecule has 3 saturated heterocycles. The predicted molar refractivity (Wildman–Crippen MR) is 243 cm³/mol. The quantitative estimate of drug-likeness (QED) is 0.130. The molecule has 1 aromatic rings. The average Bonchev–Trinajstić information content (AvgIpc) is 3.84. The zero-order valence-electron chi connectivity index (χ0n) is 40.5. The van der Waals surface area contributed by atoms with Crippen molar-refractivity contribution in [2.75, 3.05) is 13.7 Å². The molecular formula is C51H77NO16. The van der Waals surface area contributed by atoms with Gasteiger partial charge in [0.1, 0.15) is 36.7 Å². The number of fused-ring (bicyclic) bond motifs is 5. The number of hydrogen-bond donors (Lipinski definition) is 7.